The Kier molecular flexibility index (Phi) is 1.94. The molecule has 2 rings (SSSR count). The Labute approximate surface area is 76.0 Å². The van der Waals surface area contributed by atoms with Crippen LogP contribution < -0.4 is 4.90 Å². The van der Waals surface area contributed by atoms with E-state index in [4.69, 9.17) is 0 Å². The molecule has 1 nitrogen and oxygen atoms in total. The van der Waals surface area contributed by atoms with E-state index in [1.165, 1.54) is 12.1 Å². The monoisotopic (exact) mass is 183 g/mol. The first-order valence-electron chi connectivity index (χ1n) is 4.45. The van der Waals surface area contributed by atoms with Crippen LogP contribution in [-0.2, 0) is 6.42 Å². The van der Waals surface area contributed by atoms with Crippen LogP contribution in [0, 0.1) is 11.6 Å². The summed E-state index contributed by atoms with van der Waals surface area (Å²) in [4.78, 5) is 2.05. The molecule has 0 N–H and O–H groups in total. The lowest BCUT2D eigenvalue weighted by Crippen LogP contribution is -2.19. The van der Waals surface area contributed by atoms with E-state index in [0.717, 1.165) is 30.8 Å². The van der Waals surface area contributed by atoms with Gasteiger partial charge in [0.2, 0.25) is 0 Å². The Morgan fingerprint density at radius 3 is 2.69 bits per heavy atom. The van der Waals surface area contributed by atoms with Crippen molar-refractivity contribution in [2.75, 3.05) is 18.0 Å². The van der Waals surface area contributed by atoms with Crippen molar-refractivity contribution in [2.45, 2.75) is 13.3 Å². The molecule has 3 heteroatoms. The number of fused-ring (bicyclic) bond motifs is 1. The quantitative estimate of drug-likeness (QED) is 0.646. The Balaban J connectivity index is 2.47. The fourth-order valence-corrected chi connectivity index (χ4v) is 1.78. The summed E-state index contributed by atoms with van der Waals surface area (Å²) in [6, 6.07) is 2.60. The Morgan fingerprint density at radius 2 is 2.00 bits per heavy atom. The lowest BCUT2D eigenvalue weighted by molar-refractivity contribution is 0.508. The van der Waals surface area contributed by atoms with Crippen LogP contribution in [0.5, 0.6) is 0 Å². The van der Waals surface area contributed by atoms with Crippen molar-refractivity contribution in [3.05, 3.63) is 29.3 Å². The minimum atomic E-state index is -0.751. The molecule has 0 radical (unpaired) electrons. The zero-order chi connectivity index (χ0) is 9.42. The van der Waals surface area contributed by atoms with E-state index in [9.17, 15) is 8.78 Å². The van der Waals surface area contributed by atoms with Gasteiger partial charge in [0.15, 0.2) is 11.6 Å². The number of hydrogen-bond acceptors (Lipinski definition) is 1. The molecule has 1 heterocycles. The van der Waals surface area contributed by atoms with E-state index in [2.05, 4.69) is 4.90 Å². The Hall–Kier alpha value is -1.12. The maximum Gasteiger partial charge on any atom is 0.160 e. The third kappa shape index (κ3) is 1.28. The van der Waals surface area contributed by atoms with Gasteiger partial charge in [-0.3, -0.25) is 0 Å². The summed E-state index contributed by atoms with van der Waals surface area (Å²) in [5, 5.41) is 0. The molecule has 0 aliphatic carbocycles. The first kappa shape index (κ1) is 8.48. The van der Waals surface area contributed by atoms with Crippen molar-refractivity contribution < 1.29 is 8.78 Å². The average molecular weight is 183 g/mol. The topological polar surface area (TPSA) is 3.24 Å². The van der Waals surface area contributed by atoms with Crippen LogP contribution in [0.4, 0.5) is 14.5 Å². The van der Waals surface area contributed by atoms with Crippen molar-refractivity contribution >= 4 is 5.69 Å². The molecule has 70 valence electrons. The number of rotatable bonds is 1. The van der Waals surface area contributed by atoms with E-state index in [1.54, 1.807) is 0 Å². The summed E-state index contributed by atoms with van der Waals surface area (Å²) in [5.41, 5.74) is 1.77. The molecule has 0 amide bonds. The zero-order valence-corrected chi connectivity index (χ0v) is 7.48. The summed E-state index contributed by atoms with van der Waals surface area (Å²) in [7, 11) is 0. The summed E-state index contributed by atoms with van der Waals surface area (Å²) in [6.07, 6.45) is 0.820. The van der Waals surface area contributed by atoms with Gasteiger partial charge in [-0.1, -0.05) is 0 Å². The van der Waals surface area contributed by atoms with Crippen molar-refractivity contribution in [1.29, 1.82) is 0 Å². The molecular formula is C10H11F2N. The van der Waals surface area contributed by atoms with Gasteiger partial charge in [0, 0.05) is 24.8 Å². The first-order valence-corrected chi connectivity index (χ1v) is 4.45. The fraction of sp³-hybridized carbons (Fsp3) is 0.400. The minimum Gasteiger partial charge on any atom is -0.371 e. The SMILES string of the molecule is CCN1CCc2cc(F)c(F)cc21. The second-order valence-electron chi connectivity index (χ2n) is 3.22. The van der Waals surface area contributed by atoms with E-state index < -0.39 is 11.6 Å². The van der Waals surface area contributed by atoms with Gasteiger partial charge >= 0.3 is 0 Å². The van der Waals surface area contributed by atoms with Gasteiger partial charge in [-0.25, -0.2) is 8.78 Å². The second kappa shape index (κ2) is 2.98. The molecule has 1 aromatic rings. The normalized spacial score (nSPS) is 14.8. The van der Waals surface area contributed by atoms with Crippen molar-refractivity contribution in [3.8, 4) is 0 Å². The lowest BCUT2D eigenvalue weighted by Gasteiger charge is -2.16. The van der Waals surface area contributed by atoms with Gasteiger partial charge in [-0.2, -0.15) is 0 Å². The van der Waals surface area contributed by atoms with Crippen LogP contribution in [0.25, 0.3) is 0 Å². The average Bonchev–Trinajstić information content (AvgIpc) is 2.48. The van der Waals surface area contributed by atoms with E-state index in [0.29, 0.717) is 0 Å². The molecule has 0 aromatic heterocycles. The molecular weight excluding hydrogens is 172 g/mol. The first-order chi connectivity index (χ1) is 6.22. The van der Waals surface area contributed by atoms with Gasteiger partial charge in [0.25, 0.3) is 0 Å². The smallest absolute Gasteiger partial charge is 0.160 e. The van der Waals surface area contributed by atoms with Crippen molar-refractivity contribution in [2.24, 2.45) is 0 Å². The number of anilines is 1. The second-order valence-corrected chi connectivity index (χ2v) is 3.22. The molecule has 1 aromatic carbocycles. The van der Waals surface area contributed by atoms with E-state index in [-0.39, 0.29) is 0 Å². The molecule has 0 unspecified atom stereocenters. The highest BCUT2D eigenvalue weighted by Gasteiger charge is 2.19. The van der Waals surface area contributed by atoms with E-state index in [1.807, 2.05) is 6.92 Å². The molecule has 13 heavy (non-hydrogen) atoms. The molecule has 0 saturated heterocycles. The highest BCUT2D eigenvalue weighted by atomic mass is 19.2. The third-order valence-corrected chi connectivity index (χ3v) is 2.50. The zero-order valence-electron chi connectivity index (χ0n) is 7.48. The molecule has 1 aliphatic rings. The van der Waals surface area contributed by atoms with Gasteiger partial charge in [-0.15, -0.1) is 0 Å². The van der Waals surface area contributed by atoms with Crippen LogP contribution in [0.1, 0.15) is 12.5 Å². The molecule has 1 aliphatic heterocycles. The van der Waals surface area contributed by atoms with Crippen LogP contribution in [0.15, 0.2) is 12.1 Å². The minimum absolute atomic E-state index is 0.739. The third-order valence-electron chi connectivity index (χ3n) is 2.50. The van der Waals surface area contributed by atoms with Gasteiger partial charge in [-0.05, 0) is 25.0 Å². The van der Waals surface area contributed by atoms with Crippen LogP contribution >= 0.6 is 0 Å². The summed E-state index contributed by atoms with van der Waals surface area (Å²) in [5.74, 6) is -1.49. The van der Waals surface area contributed by atoms with Crippen LogP contribution in [0.3, 0.4) is 0 Å². The maximum atomic E-state index is 12.9. The maximum absolute atomic E-state index is 12.9. The predicted octanol–water partition coefficient (Wildman–Crippen LogP) is 2.35. The summed E-state index contributed by atoms with van der Waals surface area (Å²) in [6.45, 7) is 3.73. The van der Waals surface area contributed by atoms with Gasteiger partial charge in [0.05, 0.1) is 0 Å². The number of halogens is 2. The Morgan fingerprint density at radius 1 is 1.31 bits per heavy atom. The lowest BCUT2D eigenvalue weighted by atomic mass is 10.1. The summed E-state index contributed by atoms with van der Waals surface area (Å²) >= 11 is 0. The summed E-state index contributed by atoms with van der Waals surface area (Å²) < 4.78 is 25.7. The van der Waals surface area contributed by atoms with Gasteiger partial charge < -0.3 is 4.90 Å². The molecule has 0 atom stereocenters. The highest BCUT2D eigenvalue weighted by molar-refractivity contribution is 5.58. The Bertz CT molecular complexity index is 336. The number of likely N-dealkylation sites (N-methyl/N-ethyl adjacent to an activating group) is 1. The molecule has 0 spiro atoms. The standard InChI is InChI=1S/C10H11F2N/c1-2-13-4-3-7-5-8(11)9(12)6-10(7)13/h5-6H,2-4H2,1H3. The largest absolute Gasteiger partial charge is 0.371 e. The molecule has 0 fully saturated rings. The van der Waals surface area contributed by atoms with Gasteiger partial charge in [0.1, 0.15) is 0 Å². The van der Waals surface area contributed by atoms with Crippen molar-refractivity contribution in [3.63, 3.8) is 0 Å². The van der Waals surface area contributed by atoms with E-state index >= 15 is 0 Å². The number of benzene rings is 1. The van der Waals surface area contributed by atoms with Crippen LogP contribution in [0.2, 0.25) is 0 Å². The molecule has 0 saturated carbocycles. The van der Waals surface area contributed by atoms with Crippen LogP contribution in [-0.4, -0.2) is 13.1 Å². The predicted molar refractivity (Wildman–Crippen MR) is 47.9 cm³/mol. The highest BCUT2D eigenvalue weighted by Crippen LogP contribution is 2.29. The molecule has 0 bridgehead atoms. The fourth-order valence-electron chi connectivity index (χ4n) is 1.78. The number of hydrogen-bond donors (Lipinski definition) is 0. The number of nitrogens with zero attached hydrogens (tertiary/aromatic N) is 1. The van der Waals surface area contributed by atoms with Crippen molar-refractivity contribution in [1.82, 2.24) is 0 Å².